The van der Waals surface area contributed by atoms with Gasteiger partial charge in [0.25, 0.3) is 5.91 Å². The van der Waals surface area contributed by atoms with Crippen LogP contribution in [0.2, 0.25) is 0 Å². The van der Waals surface area contributed by atoms with Gasteiger partial charge in [-0.3, -0.25) is 9.69 Å². The zero-order valence-corrected chi connectivity index (χ0v) is 19.7. The number of piperazine rings is 1. The van der Waals surface area contributed by atoms with E-state index in [9.17, 15) is 14.4 Å². The summed E-state index contributed by atoms with van der Waals surface area (Å²) in [4.78, 5) is 44.5. The zero-order chi connectivity index (χ0) is 23.9. The first-order valence-electron chi connectivity index (χ1n) is 12.6. The minimum Gasteiger partial charge on any atom is -0.335 e. The highest BCUT2D eigenvalue weighted by molar-refractivity contribution is 6.05. The maximum absolute atomic E-state index is 13.3. The zero-order valence-electron chi connectivity index (χ0n) is 19.7. The van der Waals surface area contributed by atoms with Crippen molar-refractivity contribution >= 4 is 18.0 Å². The van der Waals surface area contributed by atoms with Crippen LogP contribution in [0.4, 0.5) is 9.59 Å². The van der Waals surface area contributed by atoms with Crippen LogP contribution in [-0.2, 0) is 4.79 Å². The summed E-state index contributed by atoms with van der Waals surface area (Å²) in [6.45, 7) is 2.74. The maximum atomic E-state index is 13.3. The van der Waals surface area contributed by atoms with Crippen molar-refractivity contribution < 1.29 is 14.4 Å². The van der Waals surface area contributed by atoms with E-state index >= 15 is 0 Å². The highest BCUT2D eigenvalue weighted by atomic mass is 16.2. The molecule has 2 N–H and O–H groups in total. The van der Waals surface area contributed by atoms with E-state index in [-0.39, 0.29) is 48.4 Å². The SMILES string of the molecule is O=C(NC1CCNCC1c1ccccc1)N1CCN2C(=O)N([C@H]3C[C@@H]3c3ccccc3)C(=O)[C@@H]2C1. The number of nitrogens with zero attached hydrogens (tertiary/aromatic N) is 3. The third-order valence-electron chi connectivity index (χ3n) is 7.98. The molecule has 3 heterocycles. The number of rotatable bonds is 4. The van der Waals surface area contributed by atoms with Crippen molar-refractivity contribution in [3.8, 4) is 0 Å². The van der Waals surface area contributed by atoms with Gasteiger partial charge in [-0.2, -0.15) is 0 Å². The topological polar surface area (TPSA) is 85.0 Å². The van der Waals surface area contributed by atoms with E-state index < -0.39 is 6.04 Å². The van der Waals surface area contributed by atoms with Gasteiger partial charge in [0.1, 0.15) is 6.04 Å². The van der Waals surface area contributed by atoms with Crippen LogP contribution in [0.1, 0.15) is 35.8 Å². The summed E-state index contributed by atoms with van der Waals surface area (Å²) in [5.41, 5.74) is 2.37. The Balaban J connectivity index is 1.11. The van der Waals surface area contributed by atoms with Gasteiger partial charge in [0.05, 0.1) is 6.54 Å². The first kappa shape index (κ1) is 22.1. The van der Waals surface area contributed by atoms with Crippen LogP contribution in [0.3, 0.4) is 0 Å². The van der Waals surface area contributed by atoms with E-state index in [2.05, 4.69) is 34.9 Å². The fourth-order valence-corrected chi connectivity index (χ4v) is 5.96. The number of nitrogens with one attached hydrogen (secondary N) is 2. The van der Waals surface area contributed by atoms with Gasteiger partial charge in [-0.15, -0.1) is 0 Å². The van der Waals surface area contributed by atoms with Gasteiger partial charge in [0.2, 0.25) is 0 Å². The number of benzene rings is 2. The predicted octanol–water partition coefficient (Wildman–Crippen LogP) is 2.35. The molecule has 2 aromatic carbocycles. The standard InChI is InChI=1S/C27H31N5O3/c33-25-24-17-30(26(34)29-22-11-12-28-16-21(22)19-9-5-2-6-10-19)13-14-31(24)27(35)32(25)23-15-20(23)18-7-3-1-4-8-18/h1-10,20-24,28H,11-17H2,(H,29,34)/t20-,21?,22?,23+,24+/m1/s1. The maximum Gasteiger partial charge on any atom is 0.327 e. The van der Waals surface area contributed by atoms with Gasteiger partial charge in [-0.25, -0.2) is 9.59 Å². The number of amides is 5. The number of hydrogen-bond donors (Lipinski definition) is 2. The lowest BCUT2D eigenvalue weighted by atomic mass is 9.87. The lowest BCUT2D eigenvalue weighted by Crippen LogP contribution is -2.59. The van der Waals surface area contributed by atoms with E-state index in [4.69, 9.17) is 0 Å². The molecule has 5 amide bonds. The van der Waals surface area contributed by atoms with Crippen molar-refractivity contribution in [2.75, 3.05) is 32.7 Å². The monoisotopic (exact) mass is 473 g/mol. The Morgan fingerprint density at radius 3 is 2.31 bits per heavy atom. The molecule has 0 radical (unpaired) electrons. The number of carbonyl (C=O) groups is 3. The van der Waals surface area contributed by atoms with E-state index in [0.29, 0.717) is 13.1 Å². The lowest BCUT2D eigenvalue weighted by molar-refractivity contribution is -0.129. The Labute approximate surface area is 205 Å². The summed E-state index contributed by atoms with van der Waals surface area (Å²) in [6, 6.07) is 19.3. The molecule has 1 aliphatic carbocycles. The molecule has 4 fully saturated rings. The van der Waals surface area contributed by atoms with Crippen molar-refractivity contribution in [3.05, 3.63) is 71.8 Å². The molecule has 2 aromatic rings. The second-order valence-electron chi connectivity index (χ2n) is 10.0. The molecule has 4 aliphatic rings. The summed E-state index contributed by atoms with van der Waals surface area (Å²) in [7, 11) is 0. The minimum atomic E-state index is -0.586. The average Bonchev–Trinajstić information content (AvgIpc) is 3.65. The lowest BCUT2D eigenvalue weighted by Gasteiger charge is -2.38. The van der Waals surface area contributed by atoms with Crippen LogP contribution >= 0.6 is 0 Å². The summed E-state index contributed by atoms with van der Waals surface area (Å²) in [6.07, 6.45) is 1.66. The molecule has 8 heteroatoms. The third-order valence-corrected chi connectivity index (χ3v) is 7.98. The van der Waals surface area contributed by atoms with Crippen LogP contribution in [0, 0.1) is 0 Å². The van der Waals surface area contributed by atoms with Crippen molar-refractivity contribution in [3.63, 3.8) is 0 Å². The number of imide groups is 1. The Kier molecular flexibility index (Phi) is 5.68. The highest BCUT2D eigenvalue weighted by Crippen LogP contribution is 2.46. The summed E-state index contributed by atoms with van der Waals surface area (Å²) in [5.74, 6) is 0.241. The van der Waals surface area contributed by atoms with Gasteiger partial charge in [0.15, 0.2) is 0 Å². The third kappa shape index (κ3) is 4.05. The number of carbonyl (C=O) groups excluding carboxylic acids is 3. The Morgan fingerprint density at radius 1 is 0.914 bits per heavy atom. The normalized spacial score (nSPS) is 30.3. The number of hydrogen-bond acceptors (Lipinski definition) is 4. The fraction of sp³-hybridized carbons (Fsp3) is 0.444. The Morgan fingerprint density at radius 2 is 1.60 bits per heavy atom. The molecule has 35 heavy (non-hydrogen) atoms. The van der Waals surface area contributed by atoms with Crippen LogP contribution in [0.25, 0.3) is 0 Å². The van der Waals surface area contributed by atoms with Gasteiger partial charge >= 0.3 is 12.1 Å². The molecule has 0 bridgehead atoms. The molecular formula is C27H31N5O3. The fourth-order valence-electron chi connectivity index (χ4n) is 5.96. The molecule has 2 unspecified atom stereocenters. The van der Waals surface area contributed by atoms with E-state index in [1.54, 1.807) is 9.80 Å². The Bertz CT molecular complexity index is 1110. The highest BCUT2D eigenvalue weighted by Gasteiger charge is 2.56. The minimum absolute atomic E-state index is 0.0275. The molecular weight excluding hydrogens is 442 g/mol. The summed E-state index contributed by atoms with van der Waals surface area (Å²) in [5, 5.41) is 6.67. The molecule has 6 rings (SSSR count). The van der Waals surface area contributed by atoms with Gasteiger partial charge in [-0.1, -0.05) is 60.7 Å². The molecule has 0 spiro atoms. The van der Waals surface area contributed by atoms with E-state index in [1.165, 1.54) is 16.0 Å². The van der Waals surface area contributed by atoms with Crippen LogP contribution in [0.15, 0.2) is 60.7 Å². The largest absolute Gasteiger partial charge is 0.335 e. The molecule has 5 atom stereocenters. The molecule has 3 aliphatic heterocycles. The Hall–Kier alpha value is -3.39. The quantitative estimate of drug-likeness (QED) is 0.668. The van der Waals surface area contributed by atoms with Crippen molar-refractivity contribution in [1.29, 1.82) is 0 Å². The molecule has 3 saturated heterocycles. The predicted molar refractivity (Wildman–Crippen MR) is 131 cm³/mol. The average molecular weight is 474 g/mol. The molecule has 1 saturated carbocycles. The van der Waals surface area contributed by atoms with E-state index in [1.807, 2.05) is 36.4 Å². The number of fused-ring (bicyclic) bond motifs is 1. The van der Waals surface area contributed by atoms with Gasteiger partial charge in [-0.05, 0) is 30.5 Å². The van der Waals surface area contributed by atoms with Crippen LogP contribution < -0.4 is 10.6 Å². The van der Waals surface area contributed by atoms with Crippen LogP contribution in [0.5, 0.6) is 0 Å². The number of urea groups is 2. The van der Waals surface area contributed by atoms with Crippen LogP contribution in [-0.4, -0.2) is 83.5 Å². The molecule has 0 aromatic heterocycles. The van der Waals surface area contributed by atoms with Crippen molar-refractivity contribution in [1.82, 2.24) is 25.3 Å². The summed E-state index contributed by atoms with van der Waals surface area (Å²) >= 11 is 0. The summed E-state index contributed by atoms with van der Waals surface area (Å²) < 4.78 is 0. The van der Waals surface area contributed by atoms with Gasteiger partial charge in [0, 0.05) is 43.6 Å². The second-order valence-corrected chi connectivity index (χ2v) is 10.0. The van der Waals surface area contributed by atoms with Crippen molar-refractivity contribution in [2.24, 2.45) is 0 Å². The molecule has 8 nitrogen and oxygen atoms in total. The van der Waals surface area contributed by atoms with Gasteiger partial charge < -0.3 is 20.4 Å². The first-order chi connectivity index (χ1) is 17.1. The molecule has 182 valence electrons. The number of piperidine rings is 1. The van der Waals surface area contributed by atoms with E-state index in [0.717, 1.165) is 25.9 Å². The smallest absolute Gasteiger partial charge is 0.327 e. The second kappa shape index (κ2) is 9.00. The van der Waals surface area contributed by atoms with Crippen molar-refractivity contribution in [2.45, 2.75) is 42.8 Å². The first-order valence-corrected chi connectivity index (χ1v) is 12.6.